The summed E-state index contributed by atoms with van der Waals surface area (Å²) in [7, 11) is 0. The first-order valence-electron chi connectivity index (χ1n) is 10.1. The number of benzene rings is 2. The number of rotatable bonds is 5. The smallest absolute Gasteiger partial charge is 0.287 e. The molecular weight excluding hydrogens is 456 g/mol. The third kappa shape index (κ3) is 4.66. The summed E-state index contributed by atoms with van der Waals surface area (Å²) >= 11 is 5.26. The summed E-state index contributed by atoms with van der Waals surface area (Å²) in [5.74, 6) is -0.472. The standard InChI is InChI=1S/C24H18N4O5S/c1-14-3-9-20(15(2)11-14)27-23(30)19(22(29)26-24(27)34)12-16-4-7-18(8-5-16)33-21-10-6-17(13-25-21)28(31)32/h3-13H,1-2H3,(H,26,29,34)/b19-12+. The van der Waals surface area contributed by atoms with Gasteiger partial charge in [0.1, 0.15) is 17.5 Å². The van der Waals surface area contributed by atoms with E-state index in [-0.39, 0.29) is 22.3 Å². The van der Waals surface area contributed by atoms with Gasteiger partial charge in [-0.1, -0.05) is 29.8 Å². The second-order valence-electron chi connectivity index (χ2n) is 7.53. The molecular formula is C24H18N4O5S. The van der Waals surface area contributed by atoms with E-state index in [0.717, 1.165) is 17.3 Å². The number of hydrogen-bond donors (Lipinski definition) is 1. The zero-order chi connectivity index (χ0) is 24.4. The minimum Gasteiger partial charge on any atom is -0.439 e. The molecule has 2 amide bonds. The number of thiocarbonyl (C=S) groups is 1. The van der Waals surface area contributed by atoms with Gasteiger partial charge in [0.15, 0.2) is 5.11 Å². The van der Waals surface area contributed by atoms with Gasteiger partial charge in [-0.05, 0) is 61.5 Å². The lowest BCUT2D eigenvalue weighted by molar-refractivity contribution is -0.385. The van der Waals surface area contributed by atoms with Crippen molar-refractivity contribution < 1.29 is 19.2 Å². The Kier molecular flexibility index (Phi) is 6.15. The van der Waals surface area contributed by atoms with E-state index in [1.54, 1.807) is 30.3 Å². The largest absolute Gasteiger partial charge is 0.439 e. The van der Waals surface area contributed by atoms with E-state index >= 15 is 0 Å². The Bertz CT molecular complexity index is 1350. The number of amides is 2. The molecule has 1 N–H and O–H groups in total. The highest BCUT2D eigenvalue weighted by Gasteiger charge is 2.35. The first-order valence-corrected chi connectivity index (χ1v) is 10.5. The summed E-state index contributed by atoms with van der Waals surface area (Å²) in [4.78, 5) is 41.1. The van der Waals surface area contributed by atoms with E-state index in [2.05, 4.69) is 10.3 Å². The Balaban J connectivity index is 1.56. The lowest BCUT2D eigenvalue weighted by Gasteiger charge is -2.30. The maximum absolute atomic E-state index is 13.2. The highest BCUT2D eigenvalue weighted by atomic mass is 32.1. The van der Waals surface area contributed by atoms with Gasteiger partial charge >= 0.3 is 0 Å². The summed E-state index contributed by atoms with van der Waals surface area (Å²) in [5, 5.41) is 13.3. The number of hydrogen-bond acceptors (Lipinski definition) is 7. The molecule has 1 aliphatic rings. The number of carbonyl (C=O) groups is 2. The number of ether oxygens (including phenoxy) is 1. The van der Waals surface area contributed by atoms with Crippen LogP contribution in [-0.4, -0.2) is 26.8 Å². The van der Waals surface area contributed by atoms with Crippen LogP contribution in [0.4, 0.5) is 11.4 Å². The van der Waals surface area contributed by atoms with Gasteiger partial charge in [-0.15, -0.1) is 0 Å². The number of anilines is 1. The number of pyridine rings is 1. The van der Waals surface area contributed by atoms with E-state index in [1.807, 2.05) is 26.0 Å². The predicted molar refractivity (Wildman–Crippen MR) is 130 cm³/mol. The normalized spacial score (nSPS) is 14.8. The second kappa shape index (κ2) is 9.20. The van der Waals surface area contributed by atoms with Crippen LogP contribution in [0.1, 0.15) is 16.7 Å². The fourth-order valence-corrected chi connectivity index (χ4v) is 3.67. The topological polar surface area (TPSA) is 115 Å². The average molecular weight is 474 g/mol. The van der Waals surface area contributed by atoms with Crippen LogP contribution in [0.5, 0.6) is 11.6 Å². The lowest BCUT2D eigenvalue weighted by atomic mass is 10.0. The van der Waals surface area contributed by atoms with Crippen molar-refractivity contribution in [3.05, 3.63) is 93.2 Å². The number of carbonyl (C=O) groups excluding carboxylic acids is 2. The van der Waals surface area contributed by atoms with Crippen LogP contribution in [0, 0.1) is 24.0 Å². The van der Waals surface area contributed by atoms with Crippen molar-refractivity contribution in [2.24, 2.45) is 0 Å². The molecule has 9 nitrogen and oxygen atoms in total. The van der Waals surface area contributed by atoms with Crippen LogP contribution >= 0.6 is 12.2 Å². The summed E-state index contributed by atoms with van der Waals surface area (Å²) in [6.07, 6.45) is 2.58. The van der Waals surface area contributed by atoms with Gasteiger partial charge in [0.05, 0.1) is 10.6 Å². The van der Waals surface area contributed by atoms with Crippen LogP contribution in [0.25, 0.3) is 6.08 Å². The van der Waals surface area contributed by atoms with Gasteiger partial charge < -0.3 is 4.74 Å². The summed E-state index contributed by atoms with van der Waals surface area (Å²) < 4.78 is 5.59. The summed E-state index contributed by atoms with van der Waals surface area (Å²) in [5.41, 5.74) is 2.90. The van der Waals surface area contributed by atoms with Crippen molar-refractivity contribution in [3.8, 4) is 11.6 Å². The molecule has 0 bridgehead atoms. The third-order valence-electron chi connectivity index (χ3n) is 5.04. The van der Waals surface area contributed by atoms with E-state index in [0.29, 0.717) is 17.0 Å². The molecule has 1 fully saturated rings. The van der Waals surface area contributed by atoms with Gasteiger partial charge in [0, 0.05) is 12.1 Å². The molecule has 0 unspecified atom stereocenters. The minimum absolute atomic E-state index is 0.0263. The van der Waals surface area contributed by atoms with Crippen molar-refractivity contribution in [1.29, 1.82) is 0 Å². The van der Waals surface area contributed by atoms with Crippen LogP contribution in [0.3, 0.4) is 0 Å². The highest BCUT2D eigenvalue weighted by Crippen LogP contribution is 2.27. The maximum atomic E-state index is 13.2. The van der Waals surface area contributed by atoms with Crippen molar-refractivity contribution in [1.82, 2.24) is 10.3 Å². The fourth-order valence-electron chi connectivity index (χ4n) is 3.39. The zero-order valence-electron chi connectivity index (χ0n) is 18.1. The number of aromatic nitrogens is 1. The maximum Gasteiger partial charge on any atom is 0.287 e. The van der Waals surface area contributed by atoms with Crippen LogP contribution in [-0.2, 0) is 9.59 Å². The Morgan fingerprint density at radius 3 is 2.44 bits per heavy atom. The molecule has 3 aromatic rings. The van der Waals surface area contributed by atoms with Gasteiger partial charge in [-0.3, -0.25) is 29.9 Å². The Labute approximate surface area is 199 Å². The quantitative estimate of drug-likeness (QED) is 0.193. The Hall–Kier alpha value is -4.44. The van der Waals surface area contributed by atoms with Crippen molar-refractivity contribution in [2.45, 2.75) is 13.8 Å². The number of nitro groups is 1. The van der Waals surface area contributed by atoms with Gasteiger partial charge in [-0.2, -0.15) is 0 Å². The number of nitrogens with one attached hydrogen (secondary N) is 1. The first-order chi connectivity index (χ1) is 16.2. The molecule has 0 aliphatic carbocycles. The van der Waals surface area contributed by atoms with E-state index in [4.69, 9.17) is 17.0 Å². The van der Waals surface area contributed by atoms with Gasteiger partial charge in [0.25, 0.3) is 17.5 Å². The van der Waals surface area contributed by atoms with Gasteiger partial charge in [0.2, 0.25) is 5.88 Å². The molecule has 0 saturated carbocycles. The predicted octanol–water partition coefficient (Wildman–Crippen LogP) is 4.23. The second-order valence-corrected chi connectivity index (χ2v) is 7.92. The van der Waals surface area contributed by atoms with Crippen LogP contribution in [0.2, 0.25) is 0 Å². The van der Waals surface area contributed by atoms with Crippen molar-refractivity contribution >= 4 is 46.6 Å². The SMILES string of the molecule is Cc1ccc(N2C(=O)/C(=C/c3ccc(Oc4ccc([N+](=O)[O-])cn4)cc3)C(=O)NC2=S)c(C)c1. The number of nitrogens with zero attached hydrogens (tertiary/aromatic N) is 3. The first kappa shape index (κ1) is 22.7. The minimum atomic E-state index is -0.577. The molecule has 1 aliphatic heterocycles. The molecule has 34 heavy (non-hydrogen) atoms. The molecule has 0 radical (unpaired) electrons. The molecule has 0 spiro atoms. The highest BCUT2D eigenvalue weighted by molar-refractivity contribution is 7.80. The van der Waals surface area contributed by atoms with E-state index in [1.165, 1.54) is 23.1 Å². The third-order valence-corrected chi connectivity index (χ3v) is 5.32. The average Bonchev–Trinajstić information content (AvgIpc) is 2.79. The summed E-state index contributed by atoms with van der Waals surface area (Å²) in [6.45, 7) is 3.82. The summed E-state index contributed by atoms with van der Waals surface area (Å²) in [6, 6.07) is 14.9. The molecule has 1 saturated heterocycles. The van der Waals surface area contributed by atoms with Crippen LogP contribution < -0.4 is 15.0 Å². The van der Waals surface area contributed by atoms with E-state index < -0.39 is 16.7 Å². The van der Waals surface area contributed by atoms with Crippen molar-refractivity contribution in [3.63, 3.8) is 0 Å². The monoisotopic (exact) mass is 474 g/mol. The Morgan fingerprint density at radius 2 is 1.82 bits per heavy atom. The van der Waals surface area contributed by atoms with Gasteiger partial charge in [-0.25, -0.2) is 4.98 Å². The molecule has 4 rings (SSSR count). The molecule has 1 aromatic heterocycles. The van der Waals surface area contributed by atoms with Crippen molar-refractivity contribution in [2.75, 3.05) is 4.90 Å². The molecule has 2 aromatic carbocycles. The number of aryl methyl sites for hydroxylation is 2. The lowest BCUT2D eigenvalue weighted by Crippen LogP contribution is -2.54. The molecule has 0 atom stereocenters. The zero-order valence-corrected chi connectivity index (χ0v) is 19.0. The van der Waals surface area contributed by atoms with Crippen LogP contribution in [0.15, 0.2) is 66.4 Å². The Morgan fingerprint density at radius 1 is 1.09 bits per heavy atom. The molecule has 170 valence electrons. The molecule has 2 heterocycles. The molecule has 10 heteroatoms. The van der Waals surface area contributed by atoms with E-state index in [9.17, 15) is 19.7 Å². The fraction of sp³-hybridized carbons (Fsp3) is 0.0833.